The van der Waals surface area contributed by atoms with Gasteiger partial charge < -0.3 is 15.0 Å². The Labute approximate surface area is 245 Å². The van der Waals surface area contributed by atoms with E-state index in [2.05, 4.69) is 10.3 Å². The summed E-state index contributed by atoms with van der Waals surface area (Å²) in [6.45, 7) is 3.78. The topological polar surface area (TPSA) is 126 Å². The zero-order valence-electron chi connectivity index (χ0n) is 23.5. The van der Waals surface area contributed by atoms with Crippen LogP contribution in [0.5, 0.6) is 5.75 Å². The third-order valence-electron chi connectivity index (χ3n) is 7.56. The first kappa shape index (κ1) is 29.4. The fourth-order valence-electron chi connectivity index (χ4n) is 5.68. The SMILES string of the molecule is CC(C)CC(NC(=O)Oc1ccc(-c2ccccc2)cc1)C(=O)N1CCC2C1C(=O)CN2S(=O)(=O)Cc1cccnc1. The Morgan fingerprint density at radius 3 is 2.40 bits per heavy atom. The second kappa shape index (κ2) is 12.4. The van der Waals surface area contributed by atoms with Gasteiger partial charge in [-0.25, -0.2) is 13.2 Å². The number of benzene rings is 2. The molecule has 3 aromatic rings. The van der Waals surface area contributed by atoms with Crippen molar-refractivity contribution in [1.29, 1.82) is 0 Å². The molecule has 11 heteroatoms. The highest BCUT2D eigenvalue weighted by Gasteiger charge is 2.54. The van der Waals surface area contributed by atoms with E-state index in [9.17, 15) is 22.8 Å². The second-order valence-electron chi connectivity index (χ2n) is 11.1. The number of nitrogens with one attached hydrogen (secondary N) is 1. The number of hydrogen-bond acceptors (Lipinski definition) is 7. The van der Waals surface area contributed by atoms with Gasteiger partial charge in [0.2, 0.25) is 15.9 Å². The molecule has 0 bridgehead atoms. The molecule has 0 aliphatic carbocycles. The van der Waals surface area contributed by atoms with Crippen molar-refractivity contribution >= 4 is 27.8 Å². The number of sulfonamides is 1. The van der Waals surface area contributed by atoms with Crippen LogP contribution >= 0.6 is 0 Å². The van der Waals surface area contributed by atoms with Crippen molar-refractivity contribution in [3.63, 3.8) is 0 Å². The average molecular weight is 591 g/mol. The van der Waals surface area contributed by atoms with Gasteiger partial charge >= 0.3 is 6.09 Å². The molecule has 2 aromatic carbocycles. The number of amides is 2. The molecule has 3 heterocycles. The monoisotopic (exact) mass is 590 g/mol. The zero-order chi connectivity index (χ0) is 29.9. The van der Waals surface area contributed by atoms with Crippen LogP contribution in [0.4, 0.5) is 4.79 Å². The molecule has 0 spiro atoms. The number of pyridine rings is 1. The van der Waals surface area contributed by atoms with E-state index in [4.69, 9.17) is 4.74 Å². The molecule has 3 atom stereocenters. The van der Waals surface area contributed by atoms with Gasteiger partial charge in [0.25, 0.3) is 0 Å². The van der Waals surface area contributed by atoms with Crippen LogP contribution in [0, 0.1) is 5.92 Å². The number of ketones is 1. The maximum absolute atomic E-state index is 13.7. The summed E-state index contributed by atoms with van der Waals surface area (Å²) in [5.41, 5.74) is 2.52. The van der Waals surface area contributed by atoms with Crippen molar-refractivity contribution in [3.05, 3.63) is 84.7 Å². The summed E-state index contributed by atoms with van der Waals surface area (Å²) in [6.07, 6.45) is 2.92. The van der Waals surface area contributed by atoms with Crippen LogP contribution in [-0.4, -0.2) is 71.6 Å². The van der Waals surface area contributed by atoms with Crippen LogP contribution in [-0.2, 0) is 25.4 Å². The lowest BCUT2D eigenvalue weighted by Gasteiger charge is -2.28. The standard InChI is InChI=1S/C31H34N4O6S/c1-21(2)17-26(33-31(38)41-25-12-10-24(11-13-25)23-8-4-3-5-9-23)30(37)34-16-14-27-29(34)28(36)19-35(27)42(39,40)20-22-7-6-15-32-18-22/h3-13,15,18,21,26-27,29H,14,16-17,19-20H2,1-2H3,(H,33,38). The fraction of sp³-hybridized carbons (Fsp3) is 0.355. The van der Waals surface area contributed by atoms with Gasteiger partial charge in [-0.15, -0.1) is 0 Å². The smallest absolute Gasteiger partial charge is 0.410 e. The lowest BCUT2D eigenvalue weighted by atomic mass is 10.0. The Balaban J connectivity index is 1.25. The number of carbonyl (C=O) groups excluding carboxylic acids is 3. The lowest BCUT2D eigenvalue weighted by molar-refractivity contribution is -0.138. The summed E-state index contributed by atoms with van der Waals surface area (Å²) in [5, 5.41) is 2.69. The maximum atomic E-state index is 13.7. The third kappa shape index (κ3) is 6.52. The van der Waals surface area contributed by atoms with Crippen molar-refractivity contribution in [3.8, 4) is 16.9 Å². The summed E-state index contributed by atoms with van der Waals surface area (Å²) in [7, 11) is -3.82. The number of fused-ring (bicyclic) bond motifs is 1. The number of Topliss-reactive ketones (excluding diaryl/α,β-unsaturated/α-hetero) is 1. The summed E-state index contributed by atoms with van der Waals surface area (Å²) in [6, 6.07) is 17.7. The van der Waals surface area contributed by atoms with Crippen LogP contribution in [0.3, 0.4) is 0 Å². The van der Waals surface area contributed by atoms with Gasteiger partial charge in [-0.3, -0.25) is 14.6 Å². The van der Waals surface area contributed by atoms with E-state index in [1.807, 2.05) is 56.3 Å². The summed E-state index contributed by atoms with van der Waals surface area (Å²) >= 11 is 0. The summed E-state index contributed by atoms with van der Waals surface area (Å²) in [5.74, 6) is -0.651. The molecule has 2 fully saturated rings. The number of aromatic nitrogens is 1. The number of ether oxygens (including phenoxy) is 1. The second-order valence-corrected chi connectivity index (χ2v) is 13.0. The zero-order valence-corrected chi connectivity index (χ0v) is 24.4. The van der Waals surface area contributed by atoms with Gasteiger partial charge in [0.1, 0.15) is 17.8 Å². The third-order valence-corrected chi connectivity index (χ3v) is 9.37. The largest absolute Gasteiger partial charge is 0.413 e. The molecule has 5 rings (SSSR count). The molecule has 2 saturated heterocycles. The van der Waals surface area contributed by atoms with Crippen molar-refractivity contribution in [2.24, 2.45) is 5.92 Å². The Bertz CT molecular complexity index is 1530. The van der Waals surface area contributed by atoms with Crippen molar-refractivity contribution in [2.45, 2.75) is 50.6 Å². The molecule has 0 saturated carbocycles. The molecule has 3 unspecified atom stereocenters. The van der Waals surface area contributed by atoms with Crippen LogP contribution in [0.2, 0.25) is 0 Å². The van der Waals surface area contributed by atoms with Gasteiger partial charge in [-0.1, -0.05) is 62.4 Å². The van der Waals surface area contributed by atoms with Crippen LogP contribution < -0.4 is 10.1 Å². The molecule has 42 heavy (non-hydrogen) atoms. The number of carbonyl (C=O) groups is 3. The molecule has 1 N–H and O–H groups in total. The molecule has 0 radical (unpaired) electrons. The van der Waals surface area contributed by atoms with Crippen LogP contribution in [0.25, 0.3) is 11.1 Å². The van der Waals surface area contributed by atoms with Crippen LogP contribution in [0.15, 0.2) is 79.1 Å². The molecular formula is C31H34N4O6S. The van der Waals surface area contributed by atoms with Crippen molar-refractivity contribution < 1.29 is 27.5 Å². The molecule has 1 aromatic heterocycles. The molecule has 2 aliphatic rings. The summed E-state index contributed by atoms with van der Waals surface area (Å²) < 4.78 is 33.2. The Hall–Kier alpha value is -4.09. The summed E-state index contributed by atoms with van der Waals surface area (Å²) in [4.78, 5) is 45.1. The first-order valence-electron chi connectivity index (χ1n) is 14.0. The predicted molar refractivity (Wildman–Crippen MR) is 157 cm³/mol. The Morgan fingerprint density at radius 1 is 1.02 bits per heavy atom. The molecule has 2 aliphatic heterocycles. The van der Waals surface area contributed by atoms with Gasteiger partial charge in [0, 0.05) is 18.9 Å². The maximum Gasteiger partial charge on any atom is 0.413 e. The molecule has 2 amide bonds. The molecule has 220 valence electrons. The van der Waals surface area contributed by atoms with E-state index in [0.717, 1.165) is 11.1 Å². The van der Waals surface area contributed by atoms with Gasteiger partial charge in [-0.05, 0) is 53.6 Å². The van der Waals surface area contributed by atoms with E-state index in [1.54, 1.807) is 30.5 Å². The highest BCUT2D eigenvalue weighted by Crippen LogP contribution is 2.33. The first-order valence-corrected chi connectivity index (χ1v) is 15.6. The van der Waals surface area contributed by atoms with Crippen LogP contribution in [0.1, 0.15) is 32.3 Å². The number of nitrogens with zero attached hydrogens (tertiary/aromatic N) is 3. The quantitative estimate of drug-likeness (QED) is 0.403. The fourth-order valence-corrected chi connectivity index (χ4v) is 7.39. The molecule has 10 nitrogen and oxygen atoms in total. The highest BCUT2D eigenvalue weighted by molar-refractivity contribution is 7.88. The van der Waals surface area contributed by atoms with Gasteiger partial charge in [0.15, 0.2) is 5.78 Å². The van der Waals surface area contributed by atoms with Crippen molar-refractivity contribution in [1.82, 2.24) is 19.5 Å². The van der Waals surface area contributed by atoms with E-state index < -0.39 is 40.1 Å². The van der Waals surface area contributed by atoms with E-state index in [-0.39, 0.29) is 30.5 Å². The lowest BCUT2D eigenvalue weighted by Crippen LogP contribution is -2.53. The Morgan fingerprint density at radius 2 is 1.74 bits per heavy atom. The van der Waals surface area contributed by atoms with Gasteiger partial charge in [0.05, 0.1) is 18.3 Å². The minimum Gasteiger partial charge on any atom is -0.410 e. The predicted octanol–water partition coefficient (Wildman–Crippen LogP) is 3.64. The first-order chi connectivity index (χ1) is 20.1. The molecular weight excluding hydrogens is 556 g/mol. The number of hydrogen-bond donors (Lipinski definition) is 1. The average Bonchev–Trinajstić information content (AvgIpc) is 3.55. The van der Waals surface area contributed by atoms with Gasteiger partial charge in [-0.2, -0.15) is 4.31 Å². The Kier molecular flexibility index (Phi) is 8.69. The minimum atomic E-state index is -3.82. The number of rotatable bonds is 9. The highest BCUT2D eigenvalue weighted by atomic mass is 32.2. The van der Waals surface area contributed by atoms with E-state index in [1.165, 1.54) is 15.4 Å². The van der Waals surface area contributed by atoms with E-state index in [0.29, 0.717) is 24.2 Å². The van der Waals surface area contributed by atoms with Crippen molar-refractivity contribution in [2.75, 3.05) is 13.1 Å². The normalized spacial score (nSPS) is 19.5. The minimum absolute atomic E-state index is 0.0541. The number of likely N-dealkylation sites (tertiary alicyclic amines) is 1. The van der Waals surface area contributed by atoms with E-state index >= 15 is 0 Å².